The molecule has 0 amide bonds. The van der Waals surface area contributed by atoms with E-state index < -0.39 is 0 Å². The molecule has 0 radical (unpaired) electrons. The largest absolute Gasteiger partial charge is 0.359 e. The first-order valence-electron chi connectivity index (χ1n) is 16.2. The van der Waals surface area contributed by atoms with Crippen LogP contribution in [0.15, 0.2) is 90.3 Å². The van der Waals surface area contributed by atoms with Crippen molar-refractivity contribution < 1.29 is 4.57 Å². The van der Waals surface area contributed by atoms with E-state index in [9.17, 15) is 0 Å². The monoisotopic (exact) mass is 606 g/mol. The fourth-order valence-corrected chi connectivity index (χ4v) is 7.30. The van der Waals surface area contributed by atoms with E-state index in [0.717, 1.165) is 18.0 Å². The van der Waals surface area contributed by atoms with Crippen LogP contribution in [0.1, 0.15) is 51.6 Å². The van der Waals surface area contributed by atoms with E-state index in [4.69, 9.17) is 0 Å². The lowest BCUT2D eigenvalue weighted by Crippen LogP contribution is -2.29. The van der Waals surface area contributed by atoms with Crippen molar-refractivity contribution in [3.63, 3.8) is 0 Å². The lowest BCUT2D eigenvalue weighted by Gasteiger charge is -2.34. The minimum Gasteiger partial charge on any atom is -0.359 e. The summed E-state index contributed by atoms with van der Waals surface area (Å²) in [4.78, 5) is 7.20. The molecular weight excluding hydrogens is 564 g/mol. The Hall–Kier alpha value is -4.97. The summed E-state index contributed by atoms with van der Waals surface area (Å²) in [6.45, 7) is 16.5. The van der Waals surface area contributed by atoms with Gasteiger partial charge in [0, 0.05) is 52.0 Å². The van der Waals surface area contributed by atoms with E-state index in [1.807, 2.05) is 0 Å². The van der Waals surface area contributed by atoms with Gasteiger partial charge >= 0.3 is 0 Å². The number of allylic oxidation sites excluding steroid dienone is 2. The highest BCUT2D eigenvalue weighted by Crippen LogP contribution is 2.51. The predicted molar refractivity (Wildman–Crippen MR) is 190 cm³/mol. The maximum Gasteiger partial charge on any atom is 0.243 e. The Morgan fingerprint density at radius 3 is 2.17 bits per heavy atom. The Morgan fingerprint density at radius 1 is 0.717 bits per heavy atom. The van der Waals surface area contributed by atoms with Gasteiger partial charge in [-0.1, -0.05) is 51.1 Å². The molecule has 46 heavy (non-hydrogen) atoms. The van der Waals surface area contributed by atoms with Crippen LogP contribution in [0.5, 0.6) is 0 Å². The Bertz CT molecular complexity index is 2260. The number of fused-ring (bicyclic) bond motifs is 5. The molecule has 0 aliphatic carbocycles. The summed E-state index contributed by atoms with van der Waals surface area (Å²) in [5, 5.41) is 2.58. The zero-order chi connectivity index (χ0) is 32.2. The maximum absolute atomic E-state index is 3.50. The van der Waals surface area contributed by atoms with Gasteiger partial charge in [0.2, 0.25) is 6.33 Å². The summed E-state index contributed by atoms with van der Waals surface area (Å²) in [7, 11) is 4.23. The molecule has 232 valence electrons. The highest BCUT2D eigenvalue weighted by atomic mass is 15.4. The van der Waals surface area contributed by atoms with Crippen LogP contribution in [-0.4, -0.2) is 27.8 Å². The third-order valence-electron chi connectivity index (χ3n) is 10.4. The second-order valence-electron chi connectivity index (χ2n) is 14.1. The van der Waals surface area contributed by atoms with Crippen molar-refractivity contribution in [2.45, 2.75) is 53.9 Å². The smallest absolute Gasteiger partial charge is 0.243 e. The number of aromatic nitrogens is 3. The van der Waals surface area contributed by atoms with E-state index in [2.05, 4.69) is 176 Å². The molecule has 0 unspecified atom stereocenters. The minimum absolute atomic E-state index is 0.0642. The van der Waals surface area contributed by atoms with E-state index >= 15 is 0 Å². The topological polar surface area (TPSA) is 23.5 Å². The fraction of sp³-hybridized carbons (Fsp3) is 0.275. The van der Waals surface area contributed by atoms with Gasteiger partial charge in [0.1, 0.15) is 0 Å². The number of nitrogens with zero attached hydrogens (tertiary/aromatic N) is 6. The Labute approximate surface area is 272 Å². The lowest BCUT2D eigenvalue weighted by molar-refractivity contribution is -0.681. The number of imidazole rings is 1. The number of aryl methyl sites for hydroxylation is 1. The van der Waals surface area contributed by atoms with Gasteiger partial charge in [-0.25, -0.2) is 0 Å². The molecular formula is C40H42N6. The van der Waals surface area contributed by atoms with Crippen molar-refractivity contribution in [1.29, 1.82) is 0 Å². The fourth-order valence-electron chi connectivity index (χ4n) is 7.30. The molecule has 2 aliphatic rings. The average Bonchev–Trinajstić information content (AvgIpc) is 3.61. The van der Waals surface area contributed by atoms with E-state index in [1.165, 1.54) is 72.9 Å². The maximum atomic E-state index is 3.50. The number of anilines is 4. The van der Waals surface area contributed by atoms with Gasteiger partial charge in [-0.2, -0.15) is 0 Å². The zero-order valence-corrected chi connectivity index (χ0v) is 28.4. The number of hydrogen-bond donors (Lipinski definition) is 0. The van der Waals surface area contributed by atoms with Crippen LogP contribution in [0.2, 0.25) is 0 Å². The van der Waals surface area contributed by atoms with Crippen molar-refractivity contribution >= 4 is 44.6 Å². The zero-order valence-electron chi connectivity index (χ0n) is 28.4. The van der Waals surface area contributed by atoms with Gasteiger partial charge in [0.15, 0.2) is 0 Å². The number of rotatable bonds is 3. The molecule has 0 bridgehead atoms. The molecule has 4 aromatic carbocycles. The van der Waals surface area contributed by atoms with Crippen molar-refractivity contribution in [3.05, 3.63) is 114 Å². The summed E-state index contributed by atoms with van der Waals surface area (Å²) in [6, 6.07) is 29.7. The molecule has 6 nitrogen and oxygen atoms in total. The van der Waals surface area contributed by atoms with Gasteiger partial charge in [0.25, 0.3) is 0 Å². The number of hydrogen-bond acceptors (Lipinski definition) is 3. The molecule has 6 aromatic rings. The predicted octanol–water partition coefficient (Wildman–Crippen LogP) is 8.86. The molecule has 8 rings (SSSR count). The van der Waals surface area contributed by atoms with Crippen LogP contribution < -0.4 is 14.4 Å². The normalized spacial score (nSPS) is 14.8. The van der Waals surface area contributed by atoms with Crippen molar-refractivity contribution in [3.8, 4) is 11.4 Å². The van der Waals surface area contributed by atoms with Crippen molar-refractivity contribution in [2.24, 2.45) is 7.05 Å². The summed E-state index contributed by atoms with van der Waals surface area (Å²) in [5.41, 5.74) is 15.8. The minimum atomic E-state index is 0.0642. The molecule has 0 saturated carbocycles. The summed E-state index contributed by atoms with van der Waals surface area (Å²) < 4.78 is 6.73. The molecule has 0 N–H and O–H groups in total. The molecule has 6 heteroatoms. The third-order valence-corrected chi connectivity index (χ3v) is 10.4. The third kappa shape index (κ3) is 3.98. The van der Waals surface area contributed by atoms with E-state index in [1.54, 1.807) is 0 Å². The average molecular weight is 607 g/mol. The standard InChI is InChI=1S/C40H42N6/c1-25-27(3)43(23-41(25)8)30-12-10-13-32(21-30)45-37-15-11-14-33-34-20-29(40(5,6)7)16-18-35(34)46(39(33)37)36-19-17-31(22-38(36)45)44-24-42(9)26(2)28(44)4/h10-22H,24H2,1-9H3. The van der Waals surface area contributed by atoms with Gasteiger partial charge in [-0.05, 0) is 87.2 Å². The molecule has 2 aromatic heterocycles. The molecule has 2 aliphatic heterocycles. The summed E-state index contributed by atoms with van der Waals surface area (Å²) >= 11 is 0. The van der Waals surface area contributed by atoms with Gasteiger partial charge in [0.05, 0.1) is 47.5 Å². The Kier molecular flexibility index (Phi) is 6.05. The van der Waals surface area contributed by atoms with Crippen LogP contribution in [0, 0.1) is 20.2 Å². The van der Waals surface area contributed by atoms with Crippen LogP contribution in [-0.2, 0) is 12.5 Å². The first kappa shape index (κ1) is 28.5. The highest BCUT2D eigenvalue weighted by Gasteiger charge is 2.31. The van der Waals surface area contributed by atoms with Crippen molar-refractivity contribution in [1.82, 2.24) is 14.0 Å². The SMILES string of the molecule is CC1=C(C)N(c2ccc3c(c2)N(c2cccc(-n4[c-][n+](C)c(C)c4C)c2)c2cccc4c5cc(C(C)(C)C)ccc5n-3c24)CN1C. The van der Waals surface area contributed by atoms with Crippen LogP contribution in [0.25, 0.3) is 33.2 Å². The number of benzene rings is 4. The van der Waals surface area contributed by atoms with Crippen LogP contribution in [0.4, 0.5) is 22.7 Å². The number of para-hydroxylation sites is 1. The van der Waals surface area contributed by atoms with E-state index in [-0.39, 0.29) is 5.41 Å². The lowest BCUT2D eigenvalue weighted by atomic mass is 9.86. The van der Waals surface area contributed by atoms with Gasteiger partial charge < -0.3 is 28.4 Å². The second-order valence-corrected chi connectivity index (χ2v) is 14.1. The van der Waals surface area contributed by atoms with E-state index in [0.29, 0.717) is 0 Å². The second kappa shape index (κ2) is 9.76. The molecule has 0 atom stereocenters. The van der Waals surface area contributed by atoms with Crippen LogP contribution in [0.3, 0.4) is 0 Å². The summed E-state index contributed by atoms with van der Waals surface area (Å²) in [5.74, 6) is 0. The Morgan fingerprint density at radius 2 is 1.48 bits per heavy atom. The quantitative estimate of drug-likeness (QED) is 0.148. The van der Waals surface area contributed by atoms with Crippen LogP contribution >= 0.6 is 0 Å². The first-order valence-corrected chi connectivity index (χ1v) is 16.2. The Balaban J connectivity index is 1.42. The van der Waals surface area contributed by atoms with Gasteiger partial charge in [-0.15, -0.1) is 0 Å². The molecule has 0 saturated heterocycles. The van der Waals surface area contributed by atoms with Gasteiger partial charge in [-0.3, -0.25) is 0 Å². The molecule has 0 fully saturated rings. The summed E-state index contributed by atoms with van der Waals surface area (Å²) in [6.07, 6.45) is 3.50. The molecule has 0 spiro atoms. The molecule has 4 heterocycles. The first-order chi connectivity index (χ1) is 21.9. The highest BCUT2D eigenvalue weighted by molar-refractivity contribution is 6.17. The van der Waals surface area contributed by atoms with Crippen molar-refractivity contribution in [2.75, 3.05) is 23.5 Å².